The number of aromatic nitrogens is 1. The van der Waals surface area contributed by atoms with Crippen molar-refractivity contribution < 1.29 is 18.3 Å². The number of benzene rings is 1. The van der Waals surface area contributed by atoms with Crippen molar-refractivity contribution in [1.82, 2.24) is 4.98 Å². The Balaban J connectivity index is 2.18. The van der Waals surface area contributed by atoms with Crippen LogP contribution in [0.25, 0.3) is 0 Å². The summed E-state index contributed by atoms with van der Waals surface area (Å²) < 4.78 is 30.6. The highest BCUT2D eigenvalue weighted by atomic mass is 32.1. The molecule has 1 aromatic heterocycles. The van der Waals surface area contributed by atoms with Gasteiger partial charge in [-0.1, -0.05) is 11.3 Å². The van der Waals surface area contributed by atoms with Gasteiger partial charge in [-0.25, -0.2) is 18.6 Å². The summed E-state index contributed by atoms with van der Waals surface area (Å²) in [5.74, 6) is -1.91. The second-order valence-electron chi connectivity index (χ2n) is 3.27. The van der Waals surface area contributed by atoms with Crippen LogP contribution in [0.2, 0.25) is 0 Å². The first-order chi connectivity index (χ1) is 8.60. The molecule has 18 heavy (non-hydrogen) atoms. The molecule has 0 saturated heterocycles. The van der Waals surface area contributed by atoms with Crippen molar-refractivity contribution in [2.24, 2.45) is 0 Å². The van der Waals surface area contributed by atoms with E-state index < -0.39 is 17.6 Å². The van der Waals surface area contributed by atoms with E-state index >= 15 is 0 Å². The number of esters is 1. The van der Waals surface area contributed by atoms with Crippen LogP contribution in [0, 0.1) is 11.6 Å². The van der Waals surface area contributed by atoms with Gasteiger partial charge >= 0.3 is 5.97 Å². The van der Waals surface area contributed by atoms with Crippen molar-refractivity contribution in [3.63, 3.8) is 0 Å². The summed E-state index contributed by atoms with van der Waals surface area (Å²) in [6.45, 7) is 0. The minimum Gasteiger partial charge on any atom is -0.465 e. The summed E-state index contributed by atoms with van der Waals surface area (Å²) in [6.07, 6.45) is 1.32. The topological polar surface area (TPSA) is 51.2 Å². The molecule has 4 nitrogen and oxygen atoms in total. The lowest BCUT2D eigenvalue weighted by Gasteiger charge is -2.03. The summed E-state index contributed by atoms with van der Waals surface area (Å²) in [5, 5.41) is 2.98. The Labute approximate surface area is 105 Å². The number of rotatable bonds is 3. The SMILES string of the molecule is COC(=O)c1cnc(Nc2ccc(F)cc2F)s1. The summed E-state index contributed by atoms with van der Waals surface area (Å²) >= 11 is 1.02. The molecule has 0 saturated carbocycles. The first kappa shape index (κ1) is 12.4. The van der Waals surface area contributed by atoms with Gasteiger partial charge in [0.05, 0.1) is 19.0 Å². The van der Waals surface area contributed by atoms with E-state index in [2.05, 4.69) is 15.0 Å². The maximum atomic E-state index is 13.4. The molecule has 0 atom stereocenters. The highest BCUT2D eigenvalue weighted by molar-refractivity contribution is 7.17. The Morgan fingerprint density at radius 2 is 2.22 bits per heavy atom. The van der Waals surface area contributed by atoms with Gasteiger partial charge < -0.3 is 10.1 Å². The second kappa shape index (κ2) is 5.09. The Morgan fingerprint density at radius 1 is 1.44 bits per heavy atom. The average Bonchev–Trinajstić information content (AvgIpc) is 2.80. The van der Waals surface area contributed by atoms with Gasteiger partial charge in [-0.05, 0) is 12.1 Å². The first-order valence-corrected chi connectivity index (χ1v) is 5.68. The maximum Gasteiger partial charge on any atom is 0.349 e. The number of halogens is 2. The lowest BCUT2D eigenvalue weighted by Crippen LogP contribution is -1.96. The van der Waals surface area contributed by atoms with Crippen LogP contribution in [0.3, 0.4) is 0 Å². The lowest BCUT2D eigenvalue weighted by molar-refractivity contribution is 0.0606. The molecule has 0 bridgehead atoms. The van der Waals surface area contributed by atoms with E-state index in [9.17, 15) is 13.6 Å². The van der Waals surface area contributed by atoms with E-state index in [1.54, 1.807) is 0 Å². The molecule has 0 spiro atoms. The molecule has 2 aromatic rings. The van der Waals surface area contributed by atoms with E-state index in [-0.39, 0.29) is 5.69 Å². The zero-order chi connectivity index (χ0) is 13.1. The highest BCUT2D eigenvalue weighted by Gasteiger charge is 2.12. The molecule has 7 heteroatoms. The van der Waals surface area contributed by atoms with Crippen LogP contribution < -0.4 is 5.32 Å². The summed E-state index contributed by atoms with van der Waals surface area (Å²) in [4.78, 5) is 15.4. The third-order valence-electron chi connectivity index (χ3n) is 2.07. The highest BCUT2D eigenvalue weighted by Crippen LogP contribution is 2.25. The molecule has 2 rings (SSSR count). The molecule has 0 aliphatic carbocycles. The molecule has 0 aliphatic rings. The monoisotopic (exact) mass is 270 g/mol. The van der Waals surface area contributed by atoms with Gasteiger partial charge in [0, 0.05) is 6.07 Å². The van der Waals surface area contributed by atoms with Crippen molar-refractivity contribution in [2.75, 3.05) is 12.4 Å². The standard InChI is InChI=1S/C11H8F2N2O2S/c1-17-10(16)9-5-14-11(18-9)15-8-3-2-6(12)4-7(8)13/h2-5H,1H3,(H,14,15). The zero-order valence-corrected chi connectivity index (χ0v) is 10.1. The van der Waals surface area contributed by atoms with Crippen LogP contribution in [0.5, 0.6) is 0 Å². The number of thiazole rings is 1. The van der Waals surface area contributed by atoms with Crippen LogP contribution in [-0.2, 0) is 4.74 Å². The quantitative estimate of drug-likeness (QED) is 0.871. The molecule has 1 aromatic carbocycles. The Bertz CT molecular complexity index is 586. The number of nitrogens with one attached hydrogen (secondary N) is 1. The van der Waals surface area contributed by atoms with Gasteiger partial charge in [0.25, 0.3) is 0 Å². The molecule has 0 radical (unpaired) electrons. The molecule has 0 unspecified atom stereocenters. The van der Waals surface area contributed by atoms with Crippen LogP contribution in [0.4, 0.5) is 19.6 Å². The number of ether oxygens (including phenoxy) is 1. The van der Waals surface area contributed by atoms with E-state index in [0.29, 0.717) is 10.0 Å². The van der Waals surface area contributed by atoms with Crippen LogP contribution in [-0.4, -0.2) is 18.1 Å². The average molecular weight is 270 g/mol. The fraction of sp³-hybridized carbons (Fsp3) is 0.0909. The molecule has 94 valence electrons. The van der Waals surface area contributed by atoms with E-state index in [1.165, 1.54) is 19.4 Å². The van der Waals surface area contributed by atoms with Crippen molar-refractivity contribution in [3.8, 4) is 0 Å². The van der Waals surface area contributed by atoms with Crippen molar-refractivity contribution in [1.29, 1.82) is 0 Å². The third kappa shape index (κ3) is 2.62. The minimum absolute atomic E-state index is 0.0853. The van der Waals surface area contributed by atoms with Gasteiger partial charge in [0.15, 0.2) is 5.13 Å². The predicted molar refractivity (Wildman–Crippen MR) is 63.1 cm³/mol. The molecule has 0 aliphatic heterocycles. The van der Waals surface area contributed by atoms with Crippen LogP contribution >= 0.6 is 11.3 Å². The second-order valence-corrected chi connectivity index (χ2v) is 4.30. The molecule has 1 heterocycles. The number of hydrogen-bond donors (Lipinski definition) is 1. The van der Waals surface area contributed by atoms with Gasteiger partial charge in [0.1, 0.15) is 16.5 Å². The molecular weight excluding hydrogens is 262 g/mol. The largest absolute Gasteiger partial charge is 0.465 e. The summed E-state index contributed by atoms with van der Waals surface area (Å²) in [6, 6.07) is 3.14. The van der Waals surface area contributed by atoms with Crippen LogP contribution in [0.15, 0.2) is 24.4 Å². The smallest absolute Gasteiger partial charge is 0.349 e. The Kier molecular flexibility index (Phi) is 3.52. The Hall–Kier alpha value is -2.02. The predicted octanol–water partition coefficient (Wildman–Crippen LogP) is 2.95. The summed E-state index contributed by atoms with van der Waals surface area (Å²) in [7, 11) is 1.26. The normalized spacial score (nSPS) is 10.2. The molecule has 0 amide bonds. The zero-order valence-electron chi connectivity index (χ0n) is 9.24. The third-order valence-corrected chi connectivity index (χ3v) is 2.96. The number of hydrogen-bond acceptors (Lipinski definition) is 5. The Morgan fingerprint density at radius 3 is 2.89 bits per heavy atom. The fourth-order valence-corrected chi connectivity index (χ4v) is 1.98. The van der Waals surface area contributed by atoms with E-state index in [1.807, 2.05) is 0 Å². The number of carbonyl (C=O) groups excluding carboxylic acids is 1. The molecule has 0 fully saturated rings. The fourth-order valence-electron chi connectivity index (χ4n) is 1.23. The van der Waals surface area contributed by atoms with E-state index in [0.717, 1.165) is 23.5 Å². The number of anilines is 2. The van der Waals surface area contributed by atoms with E-state index in [4.69, 9.17) is 0 Å². The number of nitrogens with zero attached hydrogens (tertiary/aromatic N) is 1. The van der Waals surface area contributed by atoms with Gasteiger partial charge in [-0.3, -0.25) is 0 Å². The number of methoxy groups -OCH3 is 1. The van der Waals surface area contributed by atoms with Crippen LogP contribution in [0.1, 0.15) is 9.67 Å². The maximum absolute atomic E-state index is 13.4. The summed E-state index contributed by atoms with van der Waals surface area (Å²) in [5.41, 5.74) is 0.0853. The van der Waals surface area contributed by atoms with Crippen molar-refractivity contribution >= 4 is 28.1 Å². The molecule has 1 N–H and O–H groups in total. The van der Waals surface area contributed by atoms with Gasteiger partial charge in [-0.15, -0.1) is 0 Å². The van der Waals surface area contributed by atoms with Gasteiger partial charge in [-0.2, -0.15) is 0 Å². The lowest BCUT2D eigenvalue weighted by atomic mass is 10.3. The van der Waals surface area contributed by atoms with Gasteiger partial charge in [0.2, 0.25) is 0 Å². The van der Waals surface area contributed by atoms with Crippen molar-refractivity contribution in [2.45, 2.75) is 0 Å². The minimum atomic E-state index is -0.732. The van der Waals surface area contributed by atoms with Crippen molar-refractivity contribution in [3.05, 3.63) is 40.9 Å². The first-order valence-electron chi connectivity index (χ1n) is 4.86. The number of carbonyl (C=O) groups is 1. The molecular formula is C11H8F2N2O2S.